The minimum atomic E-state index is -0.586. The van der Waals surface area contributed by atoms with E-state index in [-0.39, 0.29) is 41.6 Å². The number of aryl methyl sites for hydroxylation is 1. The number of ketones is 2. The van der Waals surface area contributed by atoms with Crippen molar-refractivity contribution in [3.05, 3.63) is 133 Å². The van der Waals surface area contributed by atoms with Crippen molar-refractivity contribution in [1.82, 2.24) is 19.1 Å². The van der Waals surface area contributed by atoms with Crippen molar-refractivity contribution in [3.8, 4) is 0 Å². The van der Waals surface area contributed by atoms with E-state index in [1.54, 1.807) is 28.8 Å². The molecule has 0 amide bonds. The van der Waals surface area contributed by atoms with Crippen LogP contribution in [-0.4, -0.2) is 36.4 Å². The third-order valence-electron chi connectivity index (χ3n) is 7.54. The number of nitrogens with one attached hydrogen (secondary N) is 2. The first-order valence-electron chi connectivity index (χ1n) is 13.0. The number of anilines is 1. The Kier molecular flexibility index (Phi) is 5.49. The van der Waals surface area contributed by atoms with Gasteiger partial charge in [-0.25, -0.2) is 10.2 Å². The number of carbonyl (C=O) groups is 2. The number of nitrogens with zero attached hydrogens (tertiary/aromatic N) is 4. The third kappa shape index (κ3) is 3.80. The number of Topliss-reactive ketones (excluding diaryl/α,β-unsaturated/α-hetero) is 2. The summed E-state index contributed by atoms with van der Waals surface area (Å²) in [5.41, 5.74) is 6.91. The number of carbonyl (C=O) groups excluding carboxylic acids is 2. The van der Waals surface area contributed by atoms with E-state index in [1.807, 2.05) is 54.6 Å². The summed E-state index contributed by atoms with van der Waals surface area (Å²) in [6.45, 7) is 0.275. The van der Waals surface area contributed by atoms with E-state index >= 15 is 0 Å². The Morgan fingerprint density at radius 3 is 2.27 bits per heavy atom. The van der Waals surface area contributed by atoms with Crippen LogP contribution in [0.2, 0.25) is 0 Å². The van der Waals surface area contributed by atoms with Crippen molar-refractivity contribution < 1.29 is 9.59 Å². The van der Waals surface area contributed by atoms with Crippen LogP contribution >= 0.6 is 0 Å². The van der Waals surface area contributed by atoms with Gasteiger partial charge in [-0.05, 0) is 16.7 Å². The van der Waals surface area contributed by atoms with E-state index in [4.69, 9.17) is 0 Å². The molecule has 0 fully saturated rings. The Bertz CT molecular complexity index is 2110. The molecule has 200 valence electrons. The zero-order chi connectivity index (χ0) is 28.2. The normalized spacial score (nSPS) is 17.0. The number of hydrogen-bond donors (Lipinski definition) is 2. The highest BCUT2D eigenvalue weighted by atomic mass is 16.2. The van der Waals surface area contributed by atoms with Crippen molar-refractivity contribution in [3.63, 3.8) is 0 Å². The molecule has 41 heavy (non-hydrogen) atoms. The summed E-state index contributed by atoms with van der Waals surface area (Å²) in [7, 11) is 1.53. The van der Waals surface area contributed by atoms with Crippen LogP contribution in [0.4, 0.5) is 5.95 Å². The van der Waals surface area contributed by atoms with Gasteiger partial charge in [-0.1, -0.05) is 78.9 Å². The standard InChI is InChI=1S/C31H22N6O4/c1-36-28-26(29(40)33-31(36)41)37(16-17-9-3-2-4-10-17)30(32-28)35-34-25-20-13-7-8-14-21(20)27(39)24(25)22-15-23(38)19-12-6-5-11-18(19)22/h2-14H,15-16H2,1H3,(H,32,35)(H,33,40,41)/b24-22-,34-25-. The molecule has 0 saturated carbocycles. The van der Waals surface area contributed by atoms with Crippen LogP contribution in [0, 0.1) is 0 Å². The van der Waals surface area contributed by atoms with Crippen molar-refractivity contribution in [1.29, 1.82) is 0 Å². The molecule has 0 bridgehead atoms. The van der Waals surface area contributed by atoms with Crippen LogP contribution in [0.3, 0.4) is 0 Å². The third-order valence-corrected chi connectivity index (χ3v) is 7.54. The highest BCUT2D eigenvalue weighted by Gasteiger charge is 2.37. The Morgan fingerprint density at radius 2 is 1.51 bits per heavy atom. The minimum Gasteiger partial charge on any atom is -0.298 e. The molecule has 0 aliphatic heterocycles. The van der Waals surface area contributed by atoms with E-state index < -0.39 is 11.2 Å². The predicted molar refractivity (Wildman–Crippen MR) is 154 cm³/mol. The molecule has 0 unspecified atom stereocenters. The summed E-state index contributed by atoms with van der Waals surface area (Å²) in [4.78, 5) is 58.7. The van der Waals surface area contributed by atoms with Gasteiger partial charge in [0.05, 0.1) is 12.1 Å². The highest BCUT2D eigenvalue weighted by molar-refractivity contribution is 6.45. The lowest BCUT2D eigenvalue weighted by Gasteiger charge is -2.10. The molecular formula is C31H22N6O4. The smallest absolute Gasteiger partial charge is 0.298 e. The molecule has 5 aromatic rings. The van der Waals surface area contributed by atoms with E-state index in [0.717, 1.165) is 11.1 Å². The second-order valence-electron chi connectivity index (χ2n) is 9.94. The molecule has 3 aromatic carbocycles. The molecule has 10 nitrogen and oxygen atoms in total. The van der Waals surface area contributed by atoms with Crippen molar-refractivity contribution in [2.45, 2.75) is 13.0 Å². The van der Waals surface area contributed by atoms with E-state index in [2.05, 4.69) is 20.5 Å². The lowest BCUT2D eigenvalue weighted by Crippen LogP contribution is -2.29. The molecule has 10 heteroatoms. The molecule has 0 atom stereocenters. The summed E-state index contributed by atoms with van der Waals surface area (Å²) in [5.74, 6) is -0.0478. The first-order valence-corrected chi connectivity index (χ1v) is 13.0. The molecule has 2 aliphatic rings. The maximum atomic E-state index is 13.7. The van der Waals surface area contributed by atoms with Crippen LogP contribution in [0.15, 0.2) is 99.1 Å². The van der Waals surface area contributed by atoms with Gasteiger partial charge in [-0.3, -0.25) is 28.5 Å². The summed E-state index contributed by atoms with van der Waals surface area (Å²) in [6, 6.07) is 23.9. The van der Waals surface area contributed by atoms with Crippen LogP contribution < -0.4 is 16.7 Å². The van der Waals surface area contributed by atoms with Crippen molar-refractivity contribution in [2.75, 3.05) is 5.43 Å². The van der Waals surface area contributed by atoms with Gasteiger partial charge < -0.3 is 0 Å². The predicted octanol–water partition coefficient (Wildman–Crippen LogP) is 3.52. The molecule has 2 aliphatic carbocycles. The van der Waals surface area contributed by atoms with Gasteiger partial charge in [0, 0.05) is 30.2 Å². The van der Waals surface area contributed by atoms with Gasteiger partial charge in [0.25, 0.3) is 5.56 Å². The number of hydrazone groups is 1. The Balaban J connectivity index is 1.42. The van der Waals surface area contributed by atoms with Gasteiger partial charge in [-0.2, -0.15) is 10.1 Å². The number of allylic oxidation sites excluding steroid dienone is 2. The second kappa shape index (κ2) is 9.23. The van der Waals surface area contributed by atoms with E-state index in [9.17, 15) is 19.2 Å². The molecule has 7 rings (SSSR count). The van der Waals surface area contributed by atoms with Crippen molar-refractivity contribution in [2.24, 2.45) is 12.1 Å². The molecule has 2 N–H and O–H groups in total. The van der Waals surface area contributed by atoms with Gasteiger partial charge in [0.2, 0.25) is 5.95 Å². The van der Waals surface area contributed by atoms with Gasteiger partial charge in [-0.15, -0.1) is 0 Å². The molecule has 0 spiro atoms. The number of imidazole rings is 1. The summed E-state index contributed by atoms with van der Waals surface area (Å²) < 4.78 is 2.91. The maximum absolute atomic E-state index is 13.7. The minimum absolute atomic E-state index is 0.0519. The first-order chi connectivity index (χ1) is 19.9. The topological polar surface area (TPSA) is 131 Å². The van der Waals surface area contributed by atoms with Crippen molar-refractivity contribution >= 4 is 40.0 Å². The Labute approximate surface area is 232 Å². The Morgan fingerprint density at radius 1 is 0.854 bits per heavy atom. The molecular weight excluding hydrogens is 520 g/mol. The number of aromatic amines is 1. The van der Waals surface area contributed by atoms with Gasteiger partial charge in [0.15, 0.2) is 22.7 Å². The fourth-order valence-electron chi connectivity index (χ4n) is 5.57. The fourth-order valence-corrected chi connectivity index (χ4v) is 5.57. The number of aromatic nitrogens is 4. The maximum Gasteiger partial charge on any atom is 0.329 e. The van der Waals surface area contributed by atoms with E-state index in [1.165, 1.54) is 11.6 Å². The number of rotatable bonds is 4. The summed E-state index contributed by atoms with van der Waals surface area (Å²) in [5, 5.41) is 4.68. The molecule has 0 saturated heterocycles. The average Bonchev–Trinajstić information content (AvgIpc) is 3.61. The van der Waals surface area contributed by atoms with Crippen LogP contribution in [0.1, 0.15) is 43.8 Å². The quantitative estimate of drug-likeness (QED) is 0.264. The lowest BCUT2D eigenvalue weighted by atomic mass is 9.98. The number of H-pyrrole nitrogens is 1. The van der Waals surface area contributed by atoms with Crippen LogP contribution in [-0.2, 0) is 13.6 Å². The zero-order valence-corrected chi connectivity index (χ0v) is 21.8. The number of fused-ring (bicyclic) bond motifs is 3. The second-order valence-corrected chi connectivity index (χ2v) is 9.94. The summed E-state index contributed by atoms with van der Waals surface area (Å²) >= 11 is 0. The highest BCUT2D eigenvalue weighted by Crippen LogP contribution is 2.40. The van der Waals surface area contributed by atoms with E-state index in [0.29, 0.717) is 33.5 Å². The number of hydrogen-bond acceptors (Lipinski definition) is 7. The average molecular weight is 543 g/mol. The van der Waals surface area contributed by atoms with Crippen LogP contribution in [0.25, 0.3) is 16.7 Å². The SMILES string of the molecule is Cn1c(=O)[nH]c(=O)c2c1nc(N/N=C1\C(=C3/CC(=O)c4ccccc43)C(=O)c3ccccc31)n2Cc1ccccc1. The zero-order valence-electron chi connectivity index (χ0n) is 21.8. The monoisotopic (exact) mass is 542 g/mol. The fraction of sp³-hybridized carbons (Fsp3) is 0.0968. The van der Waals surface area contributed by atoms with Crippen LogP contribution in [0.5, 0.6) is 0 Å². The molecule has 0 radical (unpaired) electrons. The Hall–Kier alpha value is -5.64. The molecule has 2 aromatic heterocycles. The first kappa shape index (κ1) is 24.4. The van der Waals surface area contributed by atoms with Gasteiger partial charge >= 0.3 is 5.69 Å². The summed E-state index contributed by atoms with van der Waals surface area (Å²) in [6.07, 6.45) is 0.0947. The lowest BCUT2D eigenvalue weighted by molar-refractivity contribution is 0.100. The number of benzene rings is 3. The molecule has 2 heterocycles. The largest absolute Gasteiger partial charge is 0.329 e. The van der Waals surface area contributed by atoms with Gasteiger partial charge in [0.1, 0.15) is 5.71 Å².